The number of benzene rings is 1. The van der Waals surface area contributed by atoms with E-state index in [0.29, 0.717) is 0 Å². The average molecular weight is 176 g/mol. The van der Waals surface area contributed by atoms with E-state index in [2.05, 4.69) is 41.6 Å². The molecule has 2 heteroatoms. The van der Waals surface area contributed by atoms with Crippen LogP contribution in [0.2, 0.25) is 0 Å². The quantitative estimate of drug-likeness (QED) is 0.503. The number of fused-ring (bicyclic) bond motifs is 1. The summed E-state index contributed by atoms with van der Waals surface area (Å²) in [5.74, 6) is 2.13. The van der Waals surface area contributed by atoms with Gasteiger partial charge < -0.3 is 4.90 Å². The third kappa shape index (κ3) is 1.23. The zero-order chi connectivity index (χ0) is 8.39. The highest BCUT2D eigenvalue weighted by molar-refractivity contribution is 8.01. The van der Waals surface area contributed by atoms with Gasteiger partial charge in [-0.25, -0.2) is 0 Å². The Morgan fingerprint density at radius 2 is 2.33 bits per heavy atom. The first-order valence-electron chi connectivity index (χ1n) is 3.88. The summed E-state index contributed by atoms with van der Waals surface area (Å²) in [6.45, 7) is 4.62. The second kappa shape index (κ2) is 3.23. The first kappa shape index (κ1) is 7.74. The van der Waals surface area contributed by atoms with E-state index < -0.39 is 0 Å². The molecule has 1 heterocycles. The van der Waals surface area contributed by atoms with Crippen LogP contribution in [-0.2, 0) is 0 Å². The molecule has 0 spiro atoms. The summed E-state index contributed by atoms with van der Waals surface area (Å²) >= 11 is 1.77. The molecule has 0 saturated heterocycles. The van der Waals surface area contributed by atoms with E-state index in [0.717, 1.165) is 6.54 Å². The number of thioether (sulfide) groups is 1. The van der Waals surface area contributed by atoms with Crippen molar-refractivity contribution in [2.24, 2.45) is 0 Å². The summed E-state index contributed by atoms with van der Waals surface area (Å²) in [7, 11) is 0. The van der Waals surface area contributed by atoms with Crippen molar-refractivity contribution in [1.29, 1.82) is 0 Å². The van der Waals surface area contributed by atoms with Crippen LogP contribution in [0.3, 0.4) is 0 Å². The van der Waals surface area contributed by atoms with Crippen molar-refractivity contribution in [3.8, 4) is 0 Å². The molecular weight excluding hydrogens is 166 g/mol. The number of anilines is 1. The van der Waals surface area contributed by atoms with Gasteiger partial charge in [-0.05, 0) is 17.0 Å². The molecule has 1 aromatic carbocycles. The molecule has 0 radical (unpaired) electrons. The lowest BCUT2D eigenvalue weighted by Gasteiger charge is -2.26. The third-order valence-electron chi connectivity index (χ3n) is 1.81. The molecule has 0 aromatic heterocycles. The van der Waals surface area contributed by atoms with Crippen molar-refractivity contribution in [3.63, 3.8) is 0 Å². The van der Waals surface area contributed by atoms with Gasteiger partial charge in [-0.1, -0.05) is 18.2 Å². The van der Waals surface area contributed by atoms with E-state index in [-0.39, 0.29) is 0 Å². The van der Waals surface area contributed by atoms with Crippen LogP contribution in [0.25, 0.3) is 0 Å². The van der Waals surface area contributed by atoms with Gasteiger partial charge in [0.15, 0.2) is 0 Å². The van der Waals surface area contributed by atoms with Crippen LogP contribution >= 0.6 is 11.8 Å². The van der Waals surface area contributed by atoms with Crippen LogP contribution < -0.4 is 4.90 Å². The Balaban J connectivity index is 2.29. The van der Waals surface area contributed by atoms with E-state index in [1.807, 2.05) is 6.08 Å². The molecule has 62 valence electrons. The van der Waals surface area contributed by atoms with Crippen molar-refractivity contribution in [2.45, 2.75) is 4.90 Å². The van der Waals surface area contributed by atoms with Gasteiger partial charge in [0.1, 0.15) is 0 Å². The highest BCUT2D eigenvalue weighted by atomic mass is 32.2. The molecule has 0 fully saturated rings. The smallest absolute Gasteiger partial charge is 0.0193 e. The first-order chi connectivity index (χ1) is 5.92. The van der Waals surface area contributed by atoms with Gasteiger partial charge >= 0.3 is 0 Å². The average Bonchev–Trinajstić information content (AvgIpc) is 2.50. The number of hydrogen-bond donors (Lipinski definition) is 0. The van der Waals surface area contributed by atoms with Crippen molar-refractivity contribution in [3.05, 3.63) is 42.8 Å². The van der Waals surface area contributed by atoms with Gasteiger partial charge in [-0.2, -0.15) is 5.88 Å². The van der Waals surface area contributed by atoms with E-state index in [1.54, 1.807) is 11.8 Å². The fourth-order valence-electron chi connectivity index (χ4n) is 1.25. The standard InChI is InChI=1S/C10H10NS/c1-2-7-11-8-12-10-6-4-3-5-9(10)11/h2-6,8H,1,7H2/q-1. The molecule has 0 N–H and O–H groups in total. The molecular formula is C10H10NS-. The number of para-hydroxylation sites is 1. The van der Waals surface area contributed by atoms with Gasteiger partial charge in [0.2, 0.25) is 0 Å². The molecule has 1 aliphatic rings. The van der Waals surface area contributed by atoms with Gasteiger partial charge in [0.05, 0.1) is 0 Å². The molecule has 0 unspecified atom stereocenters. The van der Waals surface area contributed by atoms with Crippen molar-refractivity contribution < 1.29 is 0 Å². The second-order valence-corrected chi connectivity index (χ2v) is 3.52. The molecule has 0 saturated carbocycles. The Bertz CT molecular complexity index is 296. The summed E-state index contributed by atoms with van der Waals surface area (Å²) in [5.41, 5.74) is 1.29. The maximum Gasteiger partial charge on any atom is 0.0193 e. The first-order valence-corrected chi connectivity index (χ1v) is 4.76. The summed E-state index contributed by atoms with van der Waals surface area (Å²) < 4.78 is 0. The highest BCUT2D eigenvalue weighted by Crippen LogP contribution is 2.40. The number of hydrogen-bond acceptors (Lipinski definition) is 2. The summed E-state index contributed by atoms with van der Waals surface area (Å²) in [6.07, 6.45) is 1.92. The lowest BCUT2D eigenvalue weighted by Crippen LogP contribution is -2.14. The molecule has 0 bridgehead atoms. The van der Waals surface area contributed by atoms with Crippen LogP contribution in [0.15, 0.2) is 41.8 Å². The van der Waals surface area contributed by atoms with E-state index in [4.69, 9.17) is 0 Å². The molecule has 12 heavy (non-hydrogen) atoms. The van der Waals surface area contributed by atoms with Crippen LogP contribution in [0.5, 0.6) is 0 Å². The predicted molar refractivity (Wildman–Crippen MR) is 54.1 cm³/mol. The third-order valence-corrected chi connectivity index (χ3v) is 2.77. The van der Waals surface area contributed by atoms with Crippen LogP contribution in [0.4, 0.5) is 5.69 Å². The summed E-state index contributed by atoms with van der Waals surface area (Å²) in [4.78, 5) is 3.53. The minimum Gasteiger partial charge on any atom is -0.508 e. The zero-order valence-electron chi connectivity index (χ0n) is 6.73. The van der Waals surface area contributed by atoms with Crippen molar-refractivity contribution in [2.75, 3.05) is 11.4 Å². The Hall–Kier alpha value is -0.890. The van der Waals surface area contributed by atoms with Gasteiger partial charge in [-0.3, -0.25) is 11.8 Å². The van der Waals surface area contributed by atoms with Gasteiger partial charge in [0, 0.05) is 12.2 Å². The van der Waals surface area contributed by atoms with E-state index >= 15 is 0 Å². The van der Waals surface area contributed by atoms with Crippen LogP contribution in [-0.4, -0.2) is 6.54 Å². The molecule has 2 rings (SSSR count). The molecule has 1 aliphatic heterocycles. The number of nitrogens with zero attached hydrogens (tertiary/aromatic N) is 1. The maximum atomic E-state index is 3.73. The largest absolute Gasteiger partial charge is 0.508 e. The fourth-order valence-corrected chi connectivity index (χ4v) is 2.16. The fraction of sp³-hybridized carbons (Fsp3) is 0.100. The zero-order valence-corrected chi connectivity index (χ0v) is 7.55. The van der Waals surface area contributed by atoms with Crippen molar-refractivity contribution in [1.82, 2.24) is 0 Å². The number of rotatable bonds is 2. The second-order valence-electron chi connectivity index (χ2n) is 2.63. The Labute approximate surface area is 77.1 Å². The monoisotopic (exact) mass is 176 g/mol. The van der Waals surface area contributed by atoms with E-state index in [9.17, 15) is 0 Å². The Kier molecular flexibility index (Phi) is 2.09. The Morgan fingerprint density at radius 1 is 1.50 bits per heavy atom. The molecule has 0 atom stereocenters. The molecule has 1 aromatic rings. The molecule has 1 nitrogen and oxygen atoms in total. The Morgan fingerprint density at radius 3 is 3.17 bits per heavy atom. The molecule has 0 aliphatic carbocycles. The minimum atomic E-state index is 0.893. The predicted octanol–water partition coefficient (Wildman–Crippen LogP) is 2.90. The molecule has 0 amide bonds. The van der Waals surface area contributed by atoms with Gasteiger partial charge in [-0.15, -0.1) is 6.58 Å². The van der Waals surface area contributed by atoms with Crippen molar-refractivity contribution >= 4 is 17.4 Å². The van der Waals surface area contributed by atoms with Crippen LogP contribution in [0, 0.1) is 5.88 Å². The maximum absolute atomic E-state index is 3.73. The SMILES string of the molecule is C=CCN1[CH-]Sc2ccccc21. The topological polar surface area (TPSA) is 3.24 Å². The van der Waals surface area contributed by atoms with Gasteiger partial charge in [0.25, 0.3) is 0 Å². The summed E-state index contributed by atoms with van der Waals surface area (Å²) in [5, 5.41) is 0. The highest BCUT2D eigenvalue weighted by Gasteiger charge is 2.07. The normalized spacial score (nSPS) is 14.5. The summed E-state index contributed by atoms with van der Waals surface area (Å²) in [6, 6.07) is 8.40. The van der Waals surface area contributed by atoms with E-state index in [1.165, 1.54) is 10.6 Å². The lowest BCUT2D eigenvalue weighted by molar-refractivity contribution is 1.07. The van der Waals surface area contributed by atoms with Crippen LogP contribution in [0.1, 0.15) is 0 Å². The lowest BCUT2D eigenvalue weighted by atomic mass is 10.3. The minimum absolute atomic E-state index is 0.893.